The Morgan fingerprint density at radius 1 is 1.41 bits per heavy atom. The number of hydrogen-bond acceptors (Lipinski definition) is 3. The molecule has 1 atom stereocenters. The van der Waals surface area contributed by atoms with Crippen molar-refractivity contribution in [1.82, 2.24) is 14.8 Å². The molecule has 1 aromatic rings. The standard InChI is InChI=1S/C9H11F4N3O/c10-7(11)9(12,13)8-15-14-6-2-1-5(4-17)3-16(6)8/h5,7,17H,1-4H2. The van der Waals surface area contributed by atoms with Crippen molar-refractivity contribution in [3.8, 4) is 0 Å². The molecule has 96 valence electrons. The molecule has 0 fully saturated rings. The van der Waals surface area contributed by atoms with Crippen LogP contribution in [0.25, 0.3) is 0 Å². The monoisotopic (exact) mass is 253 g/mol. The second kappa shape index (κ2) is 4.25. The first-order chi connectivity index (χ1) is 7.96. The van der Waals surface area contributed by atoms with Crippen LogP contribution in [0, 0.1) is 5.92 Å². The topological polar surface area (TPSA) is 50.9 Å². The second-order valence-corrected chi connectivity index (χ2v) is 4.06. The average molecular weight is 253 g/mol. The predicted octanol–water partition coefficient (Wildman–Crippen LogP) is 1.19. The van der Waals surface area contributed by atoms with Crippen molar-refractivity contribution in [2.45, 2.75) is 31.7 Å². The lowest BCUT2D eigenvalue weighted by Crippen LogP contribution is -2.32. The van der Waals surface area contributed by atoms with Crippen LogP contribution >= 0.6 is 0 Å². The zero-order valence-corrected chi connectivity index (χ0v) is 8.78. The molecule has 1 N–H and O–H groups in total. The fourth-order valence-electron chi connectivity index (χ4n) is 1.89. The van der Waals surface area contributed by atoms with Gasteiger partial charge in [0.05, 0.1) is 0 Å². The first kappa shape index (κ1) is 12.3. The Kier molecular flexibility index (Phi) is 3.07. The summed E-state index contributed by atoms with van der Waals surface area (Å²) in [6.45, 7) is -0.117. The Morgan fingerprint density at radius 3 is 2.71 bits per heavy atom. The van der Waals surface area contributed by atoms with E-state index >= 15 is 0 Å². The van der Waals surface area contributed by atoms with E-state index in [1.807, 2.05) is 0 Å². The maximum absolute atomic E-state index is 13.2. The van der Waals surface area contributed by atoms with Crippen LogP contribution in [-0.2, 0) is 18.9 Å². The molecule has 0 spiro atoms. The molecule has 4 nitrogen and oxygen atoms in total. The Hall–Kier alpha value is -1.18. The summed E-state index contributed by atoms with van der Waals surface area (Å²) in [6, 6.07) is 0. The van der Waals surface area contributed by atoms with Crippen molar-refractivity contribution in [3.05, 3.63) is 11.6 Å². The van der Waals surface area contributed by atoms with Gasteiger partial charge >= 0.3 is 12.3 Å². The highest BCUT2D eigenvalue weighted by Crippen LogP contribution is 2.35. The zero-order valence-electron chi connectivity index (χ0n) is 8.78. The Morgan fingerprint density at radius 2 is 2.12 bits per heavy atom. The summed E-state index contributed by atoms with van der Waals surface area (Å²) in [7, 11) is 0. The lowest BCUT2D eigenvalue weighted by atomic mass is 10.0. The number of halogens is 4. The summed E-state index contributed by atoms with van der Waals surface area (Å²) in [5, 5.41) is 15.6. The molecule has 0 amide bonds. The van der Waals surface area contributed by atoms with Crippen LogP contribution in [0.1, 0.15) is 18.1 Å². The zero-order chi connectivity index (χ0) is 12.6. The smallest absolute Gasteiger partial charge is 0.365 e. The molecule has 0 saturated heterocycles. The van der Waals surface area contributed by atoms with Crippen LogP contribution in [0.4, 0.5) is 17.6 Å². The largest absolute Gasteiger partial charge is 0.396 e. The van der Waals surface area contributed by atoms with E-state index in [9.17, 15) is 17.6 Å². The van der Waals surface area contributed by atoms with Gasteiger partial charge in [0.2, 0.25) is 5.82 Å². The molecule has 1 aromatic heterocycles. The van der Waals surface area contributed by atoms with Gasteiger partial charge in [0.1, 0.15) is 5.82 Å². The maximum atomic E-state index is 13.2. The van der Waals surface area contributed by atoms with Gasteiger partial charge < -0.3 is 9.67 Å². The lowest BCUT2D eigenvalue weighted by Gasteiger charge is -2.24. The molecule has 1 unspecified atom stereocenters. The molecule has 2 rings (SSSR count). The number of hydrogen-bond donors (Lipinski definition) is 1. The molecule has 8 heteroatoms. The van der Waals surface area contributed by atoms with E-state index in [1.54, 1.807) is 0 Å². The van der Waals surface area contributed by atoms with Gasteiger partial charge in [-0.1, -0.05) is 0 Å². The van der Waals surface area contributed by atoms with E-state index in [1.165, 1.54) is 0 Å². The van der Waals surface area contributed by atoms with Crippen LogP contribution in [0.15, 0.2) is 0 Å². The van der Waals surface area contributed by atoms with Crippen molar-refractivity contribution >= 4 is 0 Å². The molecule has 0 radical (unpaired) electrons. The fourth-order valence-corrected chi connectivity index (χ4v) is 1.89. The predicted molar refractivity (Wildman–Crippen MR) is 48.8 cm³/mol. The van der Waals surface area contributed by atoms with Gasteiger partial charge in [-0.2, -0.15) is 8.78 Å². The molecule has 0 aliphatic carbocycles. The summed E-state index contributed by atoms with van der Waals surface area (Å²) < 4.78 is 51.9. The number of fused-ring (bicyclic) bond motifs is 1. The van der Waals surface area contributed by atoms with E-state index in [-0.39, 0.29) is 24.9 Å². The third-order valence-corrected chi connectivity index (χ3v) is 2.87. The number of rotatable bonds is 3. The summed E-state index contributed by atoms with van der Waals surface area (Å²) in [4.78, 5) is 0. The Labute approximate surface area is 94.3 Å². The number of alkyl halides is 4. The van der Waals surface area contributed by atoms with Crippen LogP contribution < -0.4 is 0 Å². The molecule has 0 aromatic carbocycles. The number of aryl methyl sites for hydroxylation is 1. The molecular weight excluding hydrogens is 242 g/mol. The minimum absolute atomic E-state index is 0.0521. The normalized spacial score (nSPS) is 20.7. The highest BCUT2D eigenvalue weighted by molar-refractivity contribution is 5.06. The van der Waals surface area contributed by atoms with Crippen molar-refractivity contribution in [3.63, 3.8) is 0 Å². The first-order valence-corrected chi connectivity index (χ1v) is 5.16. The highest BCUT2D eigenvalue weighted by Gasteiger charge is 2.48. The van der Waals surface area contributed by atoms with Crippen molar-refractivity contribution < 1.29 is 22.7 Å². The van der Waals surface area contributed by atoms with Gasteiger partial charge in [-0.25, -0.2) is 8.78 Å². The number of aliphatic hydroxyl groups excluding tert-OH is 1. The third kappa shape index (κ3) is 2.01. The SMILES string of the molecule is OCC1CCc2nnc(C(F)(F)C(F)F)n2C1. The van der Waals surface area contributed by atoms with Gasteiger partial charge in [-0.05, 0) is 6.42 Å². The molecule has 2 heterocycles. The molecule has 0 saturated carbocycles. The van der Waals surface area contributed by atoms with Crippen LogP contribution in [0.5, 0.6) is 0 Å². The summed E-state index contributed by atoms with van der Waals surface area (Å²) in [6.07, 6.45) is -2.86. The van der Waals surface area contributed by atoms with Gasteiger partial charge in [0.25, 0.3) is 0 Å². The molecule has 1 aliphatic rings. The Balaban J connectivity index is 2.35. The average Bonchev–Trinajstić information content (AvgIpc) is 2.71. The number of aliphatic hydroxyl groups is 1. The Bertz CT molecular complexity index is 407. The highest BCUT2D eigenvalue weighted by atomic mass is 19.3. The van der Waals surface area contributed by atoms with Crippen LogP contribution in [0.3, 0.4) is 0 Å². The van der Waals surface area contributed by atoms with E-state index < -0.39 is 18.2 Å². The van der Waals surface area contributed by atoms with E-state index in [0.29, 0.717) is 12.8 Å². The van der Waals surface area contributed by atoms with Gasteiger partial charge in [0, 0.05) is 25.5 Å². The molecule has 0 bridgehead atoms. The summed E-state index contributed by atoms with van der Waals surface area (Å²) in [5.74, 6) is -5.26. The lowest BCUT2D eigenvalue weighted by molar-refractivity contribution is -0.143. The minimum atomic E-state index is -4.30. The second-order valence-electron chi connectivity index (χ2n) is 4.06. The van der Waals surface area contributed by atoms with Crippen molar-refractivity contribution in [2.75, 3.05) is 6.61 Å². The van der Waals surface area contributed by atoms with Crippen LogP contribution in [0.2, 0.25) is 0 Å². The van der Waals surface area contributed by atoms with Gasteiger partial charge in [0.15, 0.2) is 0 Å². The molecular formula is C9H11F4N3O. The molecule has 1 aliphatic heterocycles. The molecule has 17 heavy (non-hydrogen) atoms. The maximum Gasteiger partial charge on any atom is 0.365 e. The van der Waals surface area contributed by atoms with Crippen molar-refractivity contribution in [2.24, 2.45) is 5.92 Å². The van der Waals surface area contributed by atoms with Crippen molar-refractivity contribution in [1.29, 1.82) is 0 Å². The number of nitrogens with zero attached hydrogens (tertiary/aromatic N) is 3. The summed E-state index contributed by atoms with van der Waals surface area (Å²) >= 11 is 0. The fraction of sp³-hybridized carbons (Fsp3) is 0.778. The van der Waals surface area contributed by atoms with E-state index in [4.69, 9.17) is 5.11 Å². The van der Waals surface area contributed by atoms with Gasteiger partial charge in [-0.3, -0.25) is 0 Å². The van der Waals surface area contributed by atoms with Gasteiger partial charge in [-0.15, -0.1) is 10.2 Å². The first-order valence-electron chi connectivity index (χ1n) is 5.16. The van der Waals surface area contributed by atoms with E-state index in [0.717, 1.165) is 4.57 Å². The third-order valence-electron chi connectivity index (χ3n) is 2.87. The summed E-state index contributed by atoms with van der Waals surface area (Å²) in [5.41, 5.74) is 0. The van der Waals surface area contributed by atoms with Crippen LogP contribution in [-0.4, -0.2) is 32.9 Å². The minimum Gasteiger partial charge on any atom is -0.396 e. The quantitative estimate of drug-likeness (QED) is 0.823. The van der Waals surface area contributed by atoms with E-state index in [2.05, 4.69) is 10.2 Å². The number of aromatic nitrogens is 3.